The fourth-order valence-corrected chi connectivity index (χ4v) is 2.96. The molecule has 0 spiro atoms. The molecule has 0 atom stereocenters. The van der Waals surface area contributed by atoms with Crippen molar-refractivity contribution < 1.29 is 4.39 Å². The van der Waals surface area contributed by atoms with E-state index < -0.39 is 0 Å². The smallest absolute Gasteiger partial charge is 0.265 e. The minimum atomic E-state index is -0.336. The number of aromatic nitrogens is 2. The fourth-order valence-electron chi connectivity index (χ4n) is 1.91. The highest BCUT2D eigenvalue weighted by atomic mass is 79.9. The van der Waals surface area contributed by atoms with Crippen LogP contribution in [-0.4, -0.2) is 9.97 Å². The van der Waals surface area contributed by atoms with Gasteiger partial charge in [0.05, 0.1) is 5.69 Å². The summed E-state index contributed by atoms with van der Waals surface area (Å²) in [6.07, 6.45) is 2.11. The van der Waals surface area contributed by atoms with Crippen molar-refractivity contribution in [2.24, 2.45) is 0 Å². The molecular formula is C13H9Br2FN2O. The number of nitrogens with zero attached hydrogens (tertiary/aromatic N) is 1. The van der Waals surface area contributed by atoms with Crippen LogP contribution in [0.1, 0.15) is 24.5 Å². The summed E-state index contributed by atoms with van der Waals surface area (Å²) in [4.78, 5) is 19.1. The van der Waals surface area contributed by atoms with Gasteiger partial charge in [-0.3, -0.25) is 4.79 Å². The Bertz CT molecular complexity index is 710. The Morgan fingerprint density at radius 3 is 2.68 bits per heavy atom. The Balaban J connectivity index is 2.17. The lowest BCUT2D eigenvalue weighted by Crippen LogP contribution is -2.13. The first-order chi connectivity index (χ1) is 9.06. The number of nitrogens with one attached hydrogen (secondary N) is 1. The first-order valence-corrected chi connectivity index (χ1v) is 7.40. The van der Waals surface area contributed by atoms with Gasteiger partial charge in [-0.25, -0.2) is 9.37 Å². The first-order valence-electron chi connectivity index (χ1n) is 5.81. The van der Waals surface area contributed by atoms with Gasteiger partial charge in [0.1, 0.15) is 16.1 Å². The standard InChI is InChI=1S/C13H9Br2FN2O/c14-9-5-7(16)3-4-8(9)12-17-11(6-1-2-6)10(15)13(19)18-12/h3-6H,1-2H2,(H,17,18,19). The highest BCUT2D eigenvalue weighted by Gasteiger charge is 2.29. The molecule has 98 valence electrons. The Morgan fingerprint density at radius 1 is 1.32 bits per heavy atom. The molecule has 0 radical (unpaired) electrons. The van der Waals surface area contributed by atoms with Crippen LogP contribution in [0.5, 0.6) is 0 Å². The van der Waals surface area contributed by atoms with Gasteiger partial charge in [0.25, 0.3) is 5.56 Å². The van der Waals surface area contributed by atoms with E-state index >= 15 is 0 Å². The van der Waals surface area contributed by atoms with Crippen molar-refractivity contribution in [3.8, 4) is 11.4 Å². The monoisotopic (exact) mass is 386 g/mol. The van der Waals surface area contributed by atoms with E-state index in [1.54, 1.807) is 6.07 Å². The predicted octanol–water partition coefficient (Wildman–Crippen LogP) is 3.98. The summed E-state index contributed by atoms with van der Waals surface area (Å²) < 4.78 is 14.2. The lowest BCUT2D eigenvalue weighted by atomic mass is 10.2. The van der Waals surface area contributed by atoms with Crippen LogP contribution in [0.15, 0.2) is 31.9 Å². The predicted molar refractivity (Wildman–Crippen MR) is 77.6 cm³/mol. The molecule has 19 heavy (non-hydrogen) atoms. The molecular weight excluding hydrogens is 379 g/mol. The van der Waals surface area contributed by atoms with Crippen LogP contribution in [0, 0.1) is 5.82 Å². The summed E-state index contributed by atoms with van der Waals surface area (Å²) in [6.45, 7) is 0. The van der Waals surface area contributed by atoms with Gasteiger partial charge in [-0.1, -0.05) is 0 Å². The lowest BCUT2D eigenvalue weighted by Gasteiger charge is -2.07. The van der Waals surface area contributed by atoms with Crippen molar-refractivity contribution in [2.75, 3.05) is 0 Å². The third-order valence-corrected chi connectivity index (χ3v) is 4.46. The molecule has 1 aliphatic carbocycles. The summed E-state index contributed by atoms with van der Waals surface area (Å²) in [6, 6.07) is 4.30. The number of halogens is 3. The van der Waals surface area contributed by atoms with Gasteiger partial charge in [0.15, 0.2) is 0 Å². The van der Waals surface area contributed by atoms with Crippen molar-refractivity contribution in [1.82, 2.24) is 9.97 Å². The molecule has 1 fully saturated rings. The quantitative estimate of drug-likeness (QED) is 0.847. The van der Waals surface area contributed by atoms with E-state index in [0.29, 0.717) is 26.3 Å². The van der Waals surface area contributed by atoms with Gasteiger partial charge in [0, 0.05) is 16.0 Å². The maximum absolute atomic E-state index is 13.1. The average molecular weight is 388 g/mol. The molecule has 3 rings (SSSR count). The Morgan fingerprint density at radius 2 is 2.05 bits per heavy atom. The summed E-state index contributed by atoms with van der Waals surface area (Å²) in [5, 5.41) is 0. The van der Waals surface area contributed by atoms with E-state index in [1.807, 2.05) is 0 Å². The van der Waals surface area contributed by atoms with Gasteiger partial charge in [-0.2, -0.15) is 0 Å². The Kier molecular flexibility index (Phi) is 3.30. The largest absolute Gasteiger partial charge is 0.306 e. The number of hydrogen-bond donors (Lipinski definition) is 1. The molecule has 1 N–H and O–H groups in total. The topological polar surface area (TPSA) is 45.8 Å². The van der Waals surface area contributed by atoms with E-state index in [9.17, 15) is 9.18 Å². The van der Waals surface area contributed by atoms with Crippen molar-refractivity contribution in [3.63, 3.8) is 0 Å². The first kappa shape index (κ1) is 13.0. The van der Waals surface area contributed by atoms with E-state index in [0.717, 1.165) is 18.5 Å². The number of rotatable bonds is 2. The van der Waals surface area contributed by atoms with Crippen LogP contribution >= 0.6 is 31.9 Å². The van der Waals surface area contributed by atoms with Crippen molar-refractivity contribution >= 4 is 31.9 Å². The zero-order chi connectivity index (χ0) is 13.6. The van der Waals surface area contributed by atoms with Crippen molar-refractivity contribution in [3.05, 3.63) is 49.0 Å². The van der Waals surface area contributed by atoms with E-state index in [2.05, 4.69) is 41.8 Å². The van der Waals surface area contributed by atoms with Gasteiger partial charge in [-0.15, -0.1) is 0 Å². The van der Waals surface area contributed by atoms with Crippen LogP contribution < -0.4 is 5.56 Å². The Labute approximate surface area is 125 Å². The maximum atomic E-state index is 13.1. The molecule has 0 unspecified atom stereocenters. The van der Waals surface area contributed by atoms with E-state index in [4.69, 9.17) is 0 Å². The summed E-state index contributed by atoms with van der Waals surface area (Å²) in [5.41, 5.74) is 1.26. The summed E-state index contributed by atoms with van der Waals surface area (Å²) in [5.74, 6) is 0.481. The zero-order valence-corrected chi connectivity index (χ0v) is 12.9. The van der Waals surface area contributed by atoms with Crippen LogP contribution in [0.3, 0.4) is 0 Å². The van der Waals surface area contributed by atoms with Gasteiger partial charge in [-0.05, 0) is 62.9 Å². The molecule has 1 aromatic heterocycles. The molecule has 0 aliphatic heterocycles. The number of aromatic amines is 1. The molecule has 0 bridgehead atoms. The SMILES string of the molecule is O=c1[nH]c(-c2ccc(F)cc2Br)nc(C2CC2)c1Br. The van der Waals surface area contributed by atoms with Crippen LogP contribution in [-0.2, 0) is 0 Å². The fraction of sp³-hybridized carbons (Fsp3) is 0.231. The summed E-state index contributed by atoms with van der Waals surface area (Å²) in [7, 11) is 0. The van der Waals surface area contributed by atoms with Gasteiger partial charge in [0.2, 0.25) is 0 Å². The number of hydrogen-bond acceptors (Lipinski definition) is 2. The molecule has 1 aromatic carbocycles. The van der Waals surface area contributed by atoms with Crippen LogP contribution in [0.2, 0.25) is 0 Å². The number of H-pyrrole nitrogens is 1. The summed E-state index contributed by atoms with van der Waals surface area (Å²) >= 11 is 6.57. The van der Waals surface area contributed by atoms with E-state index in [1.165, 1.54) is 12.1 Å². The normalized spacial score (nSPS) is 14.7. The van der Waals surface area contributed by atoms with Crippen molar-refractivity contribution in [2.45, 2.75) is 18.8 Å². The molecule has 2 aromatic rings. The molecule has 1 saturated carbocycles. The second-order valence-electron chi connectivity index (χ2n) is 4.51. The Hall–Kier alpha value is -1.01. The second kappa shape index (κ2) is 4.83. The molecule has 6 heteroatoms. The van der Waals surface area contributed by atoms with Gasteiger partial charge < -0.3 is 4.98 Å². The minimum Gasteiger partial charge on any atom is -0.306 e. The molecule has 1 aliphatic rings. The molecule has 0 saturated heterocycles. The molecule has 1 heterocycles. The van der Waals surface area contributed by atoms with Crippen molar-refractivity contribution in [1.29, 1.82) is 0 Å². The average Bonchev–Trinajstić information content (AvgIpc) is 3.17. The number of benzene rings is 1. The third kappa shape index (κ3) is 2.51. The zero-order valence-electron chi connectivity index (χ0n) is 9.71. The second-order valence-corrected chi connectivity index (χ2v) is 6.16. The maximum Gasteiger partial charge on any atom is 0.265 e. The lowest BCUT2D eigenvalue weighted by molar-refractivity contribution is 0.627. The highest BCUT2D eigenvalue weighted by Crippen LogP contribution is 2.41. The molecule has 0 amide bonds. The highest BCUT2D eigenvalue weighted by molar-refractivity contribution is 9.10. The third-order valence-electron chi connectivity index (χ3n) is 3.04. The van der Waals surface area contributed by atoms with Crippen LogP contribution in [0.4, 0.5) is 4.39 Å². The van der Waals surface area contributed by atoms with Gasteiger partial charge >= 0.3 is 0 Å². The minimum absolute atomic E-state index is 0.205. The van der Waals surface area contributed by atoms with Crippen LogP contribution in [0.25, 0.3) is 11.4 Å². The molecule has 3 nitrogen and oxygen atoms in total. The van der Waals surface area contributed by atoms with E-state index in [-0.39, 0.29) is 11.4 Å².